The molecule has 0 fully saturated rings. The fourth-order valence-electron chi connectivity index (χ4n) is 3.12. The number of aliphatic imine (C=N–C) groups is 1. The Morgan fingerprint density at radius 1 is 1.12 bits per heavy atom. The molecule has 0 aliphatic carbocycles. The molecule has 0 radical (unpaired) electrons. The van der Waals surface area contributed by atoms with Crippen molar-refractivity contribution in [3.05, 3.63) is 41.1 Å². The highest BCUT2D eigenvalue weighted by Crippen LogP contribution is 2.40. The van der Waals surface area contributed by atoms with Crippen LogP contribution in [0.3, 0.4) is 0 Å². The number of rotatable bonds is 5. The molecule has 0 spiro atoms. The third kappa shape index (κ3) is 3.73. The van der Waals surface area contributed by atoms with E-state index in [0.717, 1.165) is 5.56 Å². The molecule has 0 N–H and O–H groups in total. The maximum absolute atomic E-state index is 12.6. The van der Waals surface area contributed by atoms with Crippen LogP contribution in [0.5, 0.6) is 5.75 Å². The summed E-state index contributed by atoms with van der Waals surface area (Å²) in [5, 5.41) is 0. The Morgan fingerprint density at radius 2 is 1.76 bits per heavy atom. The average Bonchev–Trinajstić information content (AvgIpc) is 2.60. The van der Waals surface area contributed by atoms with Crippen molar-refractivity contribution in [1.82, 2.24) is 0 Å². The van der Waals surface area contributed by atoms with Crippen LogP contribution in [0.1, 0.15) is 32.3 Å². The number of hydrogen-bond donors (Lipinski definition) is 0. The third-order valence-electron chi connectivity index (χ3n) is 4.25. The maximum Gasteiger partial charge on any atom is 0.336 e. The van der Waals surface area contributed by atoms with E-state index < -0.39 is 23.8 Å². The van der Waals surface area contributed by atoms with Gasteiger partial charge in [-0.25, -0.2) is 4.79 Å². The summed E-state index contributed by atoms with van der Waals surface area (Å²) in [4.78, 5) is 29.4. The molecule has 6 nitrogen and oxygen atoms in total. The number of carbonyl (C=O) groups excluding carboxylic acids is 2. The Morgan fingerprint density at radius 3 is 2.28 bits per heavy atom. The van der Waals surface area contributed by atoms with Gasteiger partial charge in [0.1, 0.15) is 11.7 Å². The summed E-state index contributed by atoms with van der Waals surface area (Å²) in [5.74, 6) is -1.40. The monoisotopic (exact) mass is 345 g/mol. The molecule has 1 unspecified atom stereocenters. The van der Waals surface area contributed by atoms with Crippen LogP contribution in [0.2, 0.25) is 0 Å². The van der Waals surface area contributed by atoms with E-state index in [-0.39, 0.29) is 6.61 Å². The van der Waals surface area contributed by atoms with Gasteiger partial charge in [-0.05, 0) is 38.5 Å². The molecule has 0 bridgehead atoms. The van der Waals surface area contributed by atoms with Crippen LogP contribution in [0.4, 0.5) is 0 Å². The molecule has 0 saturated heterocycles. The van der Waals surface area contributed by atoms with E-state index >= 15 is 0 Å². The Hall–Kier alpha value is -2.63. The van der Waals surface area contributed by atoms with Gasteiger partial charge in [0.25, 0.3) is 0 Å². The zero-order valence-corrected chi connectivity index (χ0v) is 15.2. The van der Waals surface area contributed by atoms with Crippen molar-refractivity contribution in [3.8, 4) is 5.75 Å². The normalized spacial score (nSPS) is 20.0. The first kappa shape index (κ1) is 18.7. The van der Waals surface area contributed by atoms with Crippen LogP contribution in [0.15, 0.2) is 40.5 Å². The Kier molecular flexibility index (Phi) is 5.96. The van der Waals surface area contributed by atoms with Crippen LogP contribution in [0, 0.1) is 5.92 Å². The standard InChI is InChI=1S/C19H23NO5/c1-6-25-19(22)16-12(3)20-11(2)15(18(21)24-5)17(16)13-7-9-14(23-4)10-8-13/h7-10,16-17H,6H2,1-5H3/t16?,17-/m0/s1. The van der Waals surface area contributed by atoms with E-state index in [1.165, 1.54) is 7.11 Å². The van der Waals surface area contributed by atoms with Crippen molar-refractivity contribution in [2.75, 3.05) is 20.8 Å². The lowest BCUT2D eigenvalue weighted by Gasteiger charge is -2.31. The Bertz CT molecular complexity index is 718. The van der Waals surface area contributed by atoms with Crippen LogP contribution < -0.4 is 4.74 Å². The Balaban J connectivity index is 2.60. The highest BCUT2D eigenvalue weighted by atomic mass is 16.5. The van der Waals surface area contributed by atoms with Crippen LogP contribution in [0.25, 0.3) is 0 Å². The van der Waals surface area contributed by atoms with Crippen molar-refractivity contribution in [3.63, 3.8) is 0 Å². The van der Waals surface area contributed by atoms with E-state index in [0.29, 0.717) is 22.7 Å². The predicted octanol–water partition coefficient (Wildman–Crippen LogP) is 2.88. The summed E-state index contributed by atoms with van der Waals surface area (Å²) in [5.41, 5.74) is 2.33. The molecule has 25 heavy (non-hydrogen) atoms. The molecule has 6 heteroatoms. The van der Waals surface area contributed by atoms with Crippen molar-refractivity contribution in [1.29, 1.82) is 0 Å². The molecule has 1 aliphatic heterocycles. The number of ether oxygens (including phenoxy) is 3. The number of benzene rings is 1. The van der Waals surface area contributed by atoms with E-state index in [4.69, 9.17) is 14.2 Å². The number of methoxy groups -OCH3 is 2. The molecule has 0 aromatic heterocycles. The van der Waals surface area contributed by atoms with E-state index in [2.05, 4.69) is 4.99 Å². The van der Waals surface area contributed by atoms with Crippen molar-refractivity contribution >= 4 is 17.7 Å². The minimum Gasteiger partial charge on any atom is -0.497 e. The molecule has 1 aliphatic rings. The molecule has 1 aromatic rings. The number of allylic oxidation sites excluding steroid dienone is 1. The topological polar surface area (TPSA) is 74.2 Å². The number of esters is 2. The summed E-state index contributed by atoms with van der Waals surface area (Å²) in [6.07, 6.45) is 0. The van der Waals surface area contributed by atoms with Crippen molar-refractivity contribution in [2.45, 2.75) is 26.7 Å². The minimum absolute atomic E-state index is 0.258. The first-order valence-electron chi connectivity index (χ1n) is 8.09. The second-order valence-corrected chi connectivity index (χ2v) is 5.72. The fraction of sp³-hybridized carbons (Fsp3) is 0.421. The lowest BCUT2D eigenvalue weighted by atomic mass is 9.75. The zero-order chi connectivity index (χ0) is 18.6. The largest absolute Gasteiger partial charge is 0.497 e. The van der Waals surface area contributed by atoms with Gasteiger partial charge in [0.05, 0.1) is 26.4 Å². The number of carbonyl (C=O) groups is 2. The predicted molar refractivity (Wildman–Crippen MR) is 93.7 cm³/mol. The van der Waals surface area contributed by atoms with Gasteiger partial charge in [0, 0.05) is 17.3 Å². The summed E-state index contributed by atoms with van der Waals surface area (Å²) in [6, 6.07) is 7.26. The highest BCUT2D eigenvalue weighted by molar-refractivity contribution is 6.06. The summed E-state index contributed by atoms with van der Waals surface area (Å²) >= 11 is 0. The van der Waals surface area contributed by atoms with Gasteiger partial charge in [0.2, 0.25) is 0 Å². The number of hydrogen-bond acceptors (Lipinski definition) is 6. The van der Waals surface area contributed by atoms with Crippen molar-refractivity contribution < 1.29 is 23.8 Å². The lowest BCUT2D eigenvalue weighted by Crippen LogP contribution is -2.36. The molecule has 1 aromatic carbocycles. The quantitative estimate of drug-likeness (QED) is 0.767. The summed E-state index contributed by atoms with van der Waals surface area (Å²) < 4.78 is 15.4. The number of nitrogens with zero attached hydrogens (tertiary/aromatic N) is 1. The van der Waals surface area contributed by atoms with Gasteiger partial charge >= 0.3 is 11.9 Å². The molecule has 0 amide bonds. The fourth-order valence-corrected chi connectivity index (χ4v) is 3.12. The smallest absolute Gasteiger partial charge is 0.336 e. The third-order valence-corrected chi connectivity index (χ3v) is 4.25. The van der Waals surface area contributed by atoms with Gasteiger partial charge in [-0.3, -0.25) is 9.79 Å². The first-order valence-corrected chi connectivity index (χ1v) is 8.09. The summed E-state index contributed by atoms with van der Waals surface area (Å²) in [7, 11) is 2.90. The molecule has 2 rings (SSSR count). The van der Waals surface area contributed by atoms with E-state index in [9.17, 15) is 9.59 Å². The SMILES string of the molecule is CCOC(=O)C1C(C)=NC(C)=C(C(=O)OC)[C@@H]1c1ccc(OC)cc1. The minimum atomic E-state index is -0.675. The maximum atomic E-state index is 12.6. The average molecular weight is 345 g/mol. The van der Waals surface area contributed by atoms with Gasteiger partial charge in [-0.1, -0.05) is 12.1 Å². The highest BCUT2D eigenvalue weighted by Gasteiger charge is 2.42. The van der Waals surface area contributed by atoms with Crippen molar-refractivity contribution in [2.24, 2.45) is 10.9 Å². The van der Waals surface area contributed by atoms with Gasteiger partial charge in [-0.2, -0.15) is 0 Å². The van der Waals surface area contributed by atoms with Crippen LogP contribution in [-0.2, 0) is 19.1 Å². The molecule has 2 atom stereocenters. The van der Waals surface area contributed by atoms with Gasteiger partial charge in [-0.15, -0.1) is 0 Å². The molecule has 0 saturated carbocycles. The second-order valence-electron chi connectivity index (χ2n) is 5.72. The molecule has 134 valence electrons. The van der Waals surface area contributed by atoms with E-state index in [1.807, 2.05) is 12.1 Å². The Labute approximate surface area is 147 Å². The first-order chi connectivity index (χ1) is 11.9. The molecular weight excluding hydrogens is 322 g/mol. The van der Waals surface area contributed by atoms with Gasteiger partial charge in [0.15, 0.2) is 0 Å². The lowest BCUT2D eigenvalue weighted by molar-refractivity contribution is -0.146. The summed E-state index contributed by atoms with van der Waals surface area (Å²) in [6.45, 7) is 5.52. The van der Waals surface area contributed by atoms with E-state index in [1.54, 1.807) is 40.0 Å². The molecule has 1 heterocycles. The molecular formula is C19H23NO5. The second kappa shape index (κ2) is 7.96. The zero-order valence-electron chi connectivity index (χ0n) is 15.2. The van der Waals surface area contributed by atoms with Gasteiger partial charge < -0.3 is 14.2 Å². The van der Waals surface area contributed by atoms with Crippen LogP contribution in [-0.4, -0.2) is 38.5 Å². The van der Waals surface area contributed by atoms with Crippen LogP contribution >= 0.6 is 0 Å².